The molecule has 2 heteroatoms. The highest BCUT2D eigenvalue weighted by molar-refractivity contribution is 5.32. The van der Waals surface area contributed by atoms with Crippen molar-refractivity contribution in [3.8, 4) is 5.75 Å². The van der Waals surface area contributed by atoms with Crippen LogP contribution in [0.3, 0.4) is 0 Å². The van der Waals surface area contributed by atoms with Crippen LogP contribution in [0.1, 0.15) is 58.9 Å². The van der Waals surface area contributed by atoms with Crippen LogP contribution in [0.2, 0.25) is 0 Å². The summed E-state index contributed by atoms with van der Waals surface area (Å²) in [6.45, 7) is 9.73. The summed E-state index contributed by atoms with van der Waals surface area (Å²) in [4.78, 5) is 0. The van der Waals surface area contributed by atoms with Crippen molar-refractivity contribution in [2.45, 2.75) is 64.9 Å². The van der Waals surface area contributed by atoms with Gasteiger partial charge in [0, 0.05) is 5.92 Å². The molecule has 118 valence electrons. The number of nitrogens with two attached hydrogens (primary N) is 1. The Labute approximate surface area is 130 Å². The molecule has 0 radical (unpaired) electrons. The Morgan fingerprint density at radius 3 is 2.62 bits per heavy atom. The van der Waals surface area contributed by atoms with E-state index >= 15 is 0 Å². The summed E-state index contributed by atoms with van der Waals surface area (Å²) in [7, 11) is 0. The van der Waals surface area contributed by atoms with Crippen molar-refractivity contribution < 1.29 is 4.74 Å². The van der Waals surface area contributed by atoms with Gasteiger partial charge in [-0.1, -0.05) is 46.2 Å². The molecule has 1 aliphatic carbocycles. The average molecular weight is 289 g/mol. The predicted molar refractivity (Wildman–Crippen MR) is 89.7 cm³/mol. The molecular weight excluding hydrogens is 258 g/mol. The minimum atomic E-state index is 0.158. The van der Waals surface area contributed by atoms with E-state index in [9.17, 15) is 0 Å². The molecule has 2 N–H and O–H groups in total. The largest absolute Gasteiger partial charge is 0.490 e. The van der Waals surface area contributed by atoms with Crippen LogP contribution in [0.25, 0.3) is 0 Å². The number of benzene rings is 1. The van der Waals surface area contributed by atoms with Gasteiger partial charge in [-0.05, 0) is 54.8 Å². The van der Waals surface area contributed by atoms with E-state index < -0.39 is 0 Å². The van der Waals surface area contributed by atoms with Gasteiger partial charge in [0.25, 0.3) is 0 Å². The molecule has 0 bridgehead atoms. The second-order valence-electron chi connectivity index (χ2n) is 7.52. The molecule has 1 aromatic rings. The molecule has 1 fully saturated rings. The number of hydrogen-bond acceptors (Lipinski definition) is 2. The minimum absolute atomic E-state index is 0.158. The maximum atomic E-state index is 6.35. The van der Waals surface area contributed by atoms with Crippen LogP contribution < -0.4 is 10.5 Å². The highest BCUT2D eigenvalue weighted by Crippen LogP contribution is 2.34. The quantitative estimate of drug-likeness (QED) is 0.884. The molecule has 1 aliphatic rings. The van der Waals surface area contributed by atoms with Gasteiger partial charge in [0.15, 0.2) is 0 Å². The van der Waals surface area contributed by atoms with Crippen LogP contribution in [0, 0.1) is 11.8 Å². The summed E-state index contributed by atoms with van der Waals surface area (Å²) in [6, 6.07) is 8.57. The molecule has 0 amide bonds. The van der Waals surface area contributed by atoms with Crippen molar-refractivity contribution in [3.63, 3.8) is 0 Å². The summed E-state index contributed by atoms with van der Waals surface area (Å²) in [5.41, 5.74) is 7.44. The Morgan fingerprint density at radius 2 is 2.00 bits per heavy atom. The zero-order valence-electron chi connectivity index (χ0n) is 14.1. The first-order valence-electron chi connectivity index (χ1n) is 8.41. The Balaban J connectivity index is 2.11. The first-order chi connectivity index (χ1) is 9.94. The van der Waals surface area contributed by atoms with E-state index in [1.807, 2.05) is 0 Å². The molecule has 2 rings (SSSR count). The molecule has 0 heterocycles. The maximum absolute atomic E-state index is 6.35. The highest BCUT2D eigenvalue weighted by Gasteiger charge is 2.30. The Kier molecular flexibility index (Phi) is 5.32. The summed E-state index contributed by atoms with van der Waals surface area (Å²) in [5, 5.41) is 0. The van der Waals surface area contributed by atoms with Crippen LogP contribution in [-0.2, 0) is 5.41 Å². The molecule has 0 saturated heterocycles. The second kappa shape index (κ2) is 6.83. The van der Waals surface area contributed by atoms with Crippen molar-refractivity contribution >= 4 is 0 Å². The van der Waals surface area contributed by atoms with Crippen LogP contribution in [-0.4, -0.2) is 12.6 Å². The van der Waals surface area contributed by atoms with Crippen LogP contribution in [0.5, 0.6) is 5.75 Å². The van der Waals surface area contributed by atoms with E-state index in [-0.39, 0.29) is 11.5 Å². The van der Waals surface area contributed by atoms with Gasteiger partial charge in [0.2, 0.25) is 0 Å². The zero-order valence-corrected chi connectivity index (χ0v) is 14.1. The number of ether oxygens (including phenoxy) is 1. The van der Waals surface area contributed by atoms with Crippen molar-refractivity contribution in [1.82, 2.24) is 0 Å². The fourth-order valence-electron chi connectivity index (χ4n) is 3.27. The van der Waals surface area contributed by atoms with Gasteiger partial charge in [0.1, 0.15) is 11.9 Å². The topological polar surface area (TPSA) is 35.2 Å². The van der Waals surface area contributed by atoms with Gasteiger partial charge in [-0.2, -0.15) is 0 Å². The second-order valence-corrected chi connectivity index (χ2v) is 7.52. The highest BCUT2D eigenvalue weighted by atomic mass is 16.5. The fraction of sp³-hybridized carbons (Fsp3) is 0.684. The van der Waals surface area contributed by atoms with Crippen molar-refractivity contribution in [2.24, 2.45) is 17.6 Å². The summed E-state index contributed by atoms with van der Waals surface area (Å²) >= 11 is 0. The van der Waals surface area contributed by atoms with Crippen LogP contribution in [0.15, 0.2) is 24.3 Å². The van der Waals surface area contributed by atoms with Gasteiger partial charge in [-0.25, -0.2) is 0 Å². The van der Waals surface area contributed by atoms with E-state index in [0.717, 1.165) is 24.6 Å². The molecule has 1 aromatic carbocycles. The Hall–Kier alpha value is -1.02. The molecule has 0 aromatic heterocycles. The molecule has 3 atom stereocenters. The van der Waals surface area contributed by atoms with E-state index in [2.05, 4.69) is 52.0 Å². The SMILES string of the molecule is CCC1CCC(CN)C(Oc2cccc(C(C)(C)C)c2)C1. The third-order valence-electron chi connectivity index (χ3n) is 4.90. The lowest BCUT2D eigenvalue weighted by molar-refractivity contribution is 0.0683. The lowest BCUT2D eigenvalue weighted by Gasteiger charge is -2.35. The van der Waals surface area contributed by atoms with Gasteiger partial charge >= 0.3 is 0 Å². The molecule has 3 unspecified atom stereocenters. The summed E-state index contributed by atoms with van der Waals surface area (Å²) < 4.78 is 6.35. The molecule has 2 nitrogen and oxygen atoms in total. The van der Waals surface area contributed by atoms with E-state index in [4.69, 9.17) is 10.5 Å². The minimum Gasteiger partial charge on any atom is -0.490 e. The monoisotopic (exact) mass is 289 g/mol. The first kappa shape index (κ1) is 16.4. The van der Waals surface area contributed by atoms with Crippen LogP contribution in [0.4, 0.5) is 0 Å². The van der Waals surface area contributed by atoms with Gasteiger partial charge in [-0.3, -0.25) is 0 Å². The third-order valence-corrected chi connectivity index (χ3v) is 4.90. The molecule has 21 heavy (non-hydrogen) atoms. The van der Waals surface area contributed by atoms with Crippen molar-refractivity contribution in [3.05, 3.63) is 29.8 Å². The van der Waals surface area contributed by atoms with E-state index in [0.29, 0.717) is 5.92 Å². The van der Waals surface area contributed by atoms with Crippen molar-refractivity contribution in [1.29, 1.82) is 0 Å². The Bertz CT molecular complexity index is 449. The molecule has 0 aliphatic heterocycles. The third kappa shape index (κ3) is 4.23. The van der Waals surface area contributed by atoms with Gasteiger partial charge < -0.3 is 10.5 Å². The lowest BCUT2D eigenvalue weighted by Crippen LogP contribution is -2.38. The standard InChI is InChI=1S/C19H31NO/c1-5-14-9-10-15(13-20)18(11-14)21-17-8-6-7-16(12-17)19(2,3)4/h6-8,12,14-15,18H,5,9-11,13,20H2,1-4H3. The smallest absolute Gasteiger partial charge is 0.120 e. The van der Waals surface area contributed by atoms with Crippen molar-refractivity contribution in [2.75, 3.05) is 6.54 Å². The zero-order chi connectivity index (χ0) is 15.5. The van der Waals surface area contributed by atoms with Crippen LogP contribution >= 0.6 is 0 Å². The lowest BCUT2D eigenvalue weighted by atomic mass is 9.78. The number of rotatable bonds is 4. The first-order valence-corrected chi connectivity index (χ1v) is 8.41. The average Bonchev–Trinajstić information content (AvgIpc) is 2.46. The fourth-order valence-corrected chi connectivity index (χ4v) is 3.27. The van der Waals surface area contributed by atoms with Gasteiger partial charge in [-0.15, -0.1) is 0 Å². The summed E-state index contributed by atoms with van der Waals surface area (Å²) in [6.07, 6.45) is 5.19. The molecule has 0 spiro atoms. The molecular formula is C19H31NO. The normalized spacial score (nSPS) is 26.6. The Morgan fingerprint density at radius 1 is 1.24 bits per heavy atom. The van der Waals surface area contributed by atoms with E-state index in [1.165, 1.54) is 24.8 Å². The van der Waals surface area contributed by atoms with E-state index in [1.54, 1.807) is 0 Å². The number of hydrogen-bond donors (Lipinski definition) is 1. The maximum Gasteiger partial charge on any atom is 0.120 e. The molecule has 1 saturated carbocycles. The van der Waals surface area contributed by atoms with Gasteiger partial charge in [0.05, 0.1) is 0 Å². The summed E-state index contributed by atoms with van der Waals surface area (Å²) in [5.74, 6) is 2.30. The predicted octanol–water partition coefficient (Wildman–Crippen LogP) is 4.52.